The summed E-state index contributed by atoms with van der Waals surface area (Å²) in [5, 5.41) is 0. The van der Waals surface area contributed by atoms with Gasteiger partial charge in [0.05, 0.1) is 5.60 Å². The van der Waals surface area contributed by atoms with Crippen LogP contribution >= 0.6 is 0 Å². The van der Waals surface area contributed by atoms with Crippen LogP contribution in [0.5, 0.6) is 0 Å². The summed E-state index contributed by atoms with van der Waals surface area (Å²) in [6.45, 7) is 20.2. The van der Waals surface area contributed by atoms with Crippen molar-refractivity contribution in [1.82, 2.24) is 0 Å². The highest BCUT2D eigenvalue weighted by atomic mass is 16.6. The molecule has 0 amide bonds. The first-order valence-corrected chi connectivity index (χ1v) is 14.7. The van der Waals surface area contributed by atoms with Crippen LogP contribution in [0.3, 0.4) is 0 Å². The first-order chi connectivity index (χ1) is 16.6. The molecule has 202 valence electrons. The van der Waals surface area contributed by atoms with Gasteiger partial charge in [-0.1, -0.05) is 53.2 Å². The minimum atomic E-state index is -0.214. The van der Waals surface area contributed by atoms with Crippen LogP contribution in [0, 0.1) is 45.3 Å². The average molecular weight is 499 g/mol. The van der Waals surface area contributed by atoms with Crippen LogP contribution in [0.25, 0.3) is 0 Å². The van der Waals surface area contributed by atoms with Crippen LogP contribution in [-0.4, -0.2) is 29.6 Å². The molecule has 3 saturated carbocycles. The van der Waals surface area contributed by atoms with Gasteiger partial charge in [-0.05, 0) is 98.7 Å². The highest BCUT2D eigenvalue weighted by Gasteiger charge is 2.65. The molecule has 0 N–H and O–H groups in total. The molecule has 9 atom stereocenters. The maximum absolute atomic E-state index is 12.9. The minimum Gasteiger partial charge on any atom is -0.460 e. The number of carbonyl (C=O) groups is 2. The third-order valence-electron chi connectivity index (χ3n) is 12.6. The topological polar surface area (TPSA) is 55.9 Å². The molecule has 0 spiro atoms. The number of hydrogen-bond donors (Lipinski definition) is 0. The standard InChI is InChI=1S/C32H50O4/c1-19(18-24(35-20(2)33)27-29(5,6)36-27)21-12-16-32(9)23-10-11-25-28(3,4)26(34)14-15-30(25,7)22(23)13-17-31(21,32)8/h10,19,21-22,24-25,27H,11-18H2,1-9H3/t19-,21-,22?,24-,25?,27?,30+,31-,32+/m0/s1. The Balaban J connectivity index is 1.40. The van der Waals surface area contributed by atoms with Gasteiger partial charge in [-0.15, -0.1) is 0 Å². The van der Waals surface area contributed by atoms with Crippen molar-refractivity contribution in [2.24, 2.45) is 45.3 Å². The zero-order valence-electron chi connectivity index (χ0n) is 24.3. The van der Waals surface area contributed by atoms with Crippen molar-refractivity contribution in [3.05, 3.63) is 11.6 Å². The Kier molecular flexibility index (Phi) is 6.00. The van der Waals surface area contributed by atoms with Gasteiger partial charge >= 0.3 is 5.97 Å². The van der Waals surface area contributed by atoms with Gasteiger partial charge in [0.25, 0.3) is 0 Å². The van der Waals surface area contributed by atoms with E-state index >= 15 is 0 Å². The molecule has 0 radical (unpaired) electrons. The van der Waals surface area contributed by atoms with E-state index in [1.165, 1.54) is 32.6 Å². The van der Waals surface area contributed by atoms with Crippen molar-refractivity contribution >= 4 is 11.8 Å². The van der Waals surface area contributed by atoms with Gasteiger partial charge < -0.3 is 9.47 Å². The number of allylic oxidation sites excluding steroid dienone is 2. The highest BCUT2D eigenvalue weighted by molar-refractivity contribution is 5.85. The van der Waals surface area contributed by atoms with Crippen molar-refractivity contribution < 1.29 is 19.1 Å². The normalized spacial score (nSPS) is 46.0. The Morgan fingerprint density at radius 2 is 1.75 bits per heavy atom. The molecule has 0 aromatic heterocycles. The molecule has 3 unspecified atom stereocenters. The number of ether oxygens (including phenoxy) is 2. The summed E-state index contributed by atoms with van der Waals surface area (Å²) in [5.74, 6) is 2.40. The molecule has 5 rings (SSSR count). The lowest BCUT2D eigenvalue weighted by atomic mass is 9.41. The molecule has 1 saturated heterocycles. The molecular weight excluding hydrogens is 448 g/mol. The summed E-state index contributed by atoms with van der Waals surface area (Å²) >= 11 is 0. The van der Waals surface area contributed by atoms with Gasteiger partial charge in [0, 0.05) is 18.8 Å². The largest absolute Gasteiger partial charge is 0.460 e. The summed E-state index contributed by atoms with van der Waals surface area (Å²) in [7, 11) is 0. The van der Waals surface area contributed by atoms with Crippen molar-refractivity contribution in [3.63, 3.8) is 0 Å². The van der Waals surface area contributed by atoms with Crippen LogP contribution < -0.4 is 0 Å². The fraction of sp³-hybridized carbons (Fsp3) is 0.875. The van der Waals surface area contributed by atoms with Crippen molar-refractivity contribution in [1.29, 1.82) is 0 Å². The maximum Gasteiger partial charge on any atom is 0.302 e. The summed E-state index contributed by atoms with van der Waals surface area (Å²) in [4.78, 5) is 24.8. The summed E-state index contributed by atoms with van der Waals surface area (Å²) in [6, 6.07) is 0. The maximum atomic E-state index is 12.9. The van der Waals surface area contributed by atoms with E-state index in [1.807, 2.05) is 0 Å². The van der Waals surface area contributed by atoms with E-state index in [0.717, 1.165) is 25.7 Å². The van der Waals surface area contributed by atoms with E-state index < -0.39 is 0 Å². The molecule has 0 aromatic carbocycles. The second-order valence-corrected chi connectivity index (χ2v) is 15.1. The lowest BCUT2D eigenvalue weighted by molar-refractivity contribution is -0.149. The predicted octanol–water partition coefficient (Wildman–Crippen LogP) is 7.30. The monoisotopic (exact) mass is 498 g/mol. The number of ketones is 1. The average Bonchev–Trinajstić information content (AvgIpc) is 3.31. The number of fused-ring (bicyclic) bond motifs is 5. The molecular formula is C32H50O4. The molecule has 4 nitrogen and oxygen atoms in total. The molecule has 1 heterocycles. The number of esters is 1. The summed E-state index contributed by atoms with van der Waals surface area (Å²) in [5.41, 5.74) is 2.00. The van der Waals surface area contributed by atoms with E-state index in [2.05, 4.69) is 61.5 Å². The summed E-state index contributed by atoms with van der Waals surface area (Å²) in [6.07, 6.45) is 11.2. The third kappa shape index (κ3) is 3.62. The van der Waals surface area contributed by atoms with Crippen molar-refractivity contribution in [2.75, 3.05) is 0 Å². The lowest BCUT2D eigenvalue weighted by Gasteiger charge is -2.63. The lowest BCUT2D eigenvalue weighted by Crippen LogP contribution is -2.57. The minimum absolute atomic E-state index is 0.00970. The molecule has 5 aliphatic rings. The number of rotatable bonds is 5. The zero-order valence-corrected chi connectivity index (χ0v) is 24.3. The SMILES string of the molecule is CC(=O)O[C@@H](C[C@H](C)[C@@H]1CC[C@]2(C)C3=CCC4C(C)(C)C(=O)CC[C@]4(C)C3CC[C@@]12C)C1OC1(C)C. The molecule has 0 bridgehead atoms. The Labute approximate surface area is 219 Å². The highest BCUT2D eigenvalue weighted by Crippen LogP contribution is 2.73. The molecule has 1 aliphatic heterocycles. The van der Waals surface area contributed by atoms with E-state index in [0.29, 0.717) is 29.5 Å². The predicted molar refractivity (Wildman–Crippen MR) is 142 cm³/mol. The van der Waals surface area contributed by atoms with Gasteiger partial charge in [-0.25, -0.2) is 0 Å². The van der Waals surface area contributed by atoms with E-state index in [1.54, 1.807) is 5.57 Å². The molecule has 0 aromatic rings. The molecule has 4 fully saturated rings. The summed E-state index contributed by atoms with van der Waals surface area (Å²) < 4.78 is 11.7. The molecule has 4 heteroatoms. The molecule has 36 heavy (non-hydrogen) atoms. The van der Waals surface area contributed by atoms with Crippen LogP contribution in [-0.2, 0) is 19.1 Å². The molecule has 4 aliphatic carbocycles. The Morgan fingerprint density at radius 3 is 2.36 bits per heavy atom. The van der Waals surface area contributed by atoms with Crippen LogP contribution in [0.4, 0.5) is 0 Å². The first-order valence-electron chi connectivity index (χ1n) is 14.7. The smallest absolute Gasteiger partial charge is 0.302 e. The number of Topliss-reactive ketones (excluding diaryl/α,β-unsaturated/α-hetero) is 1. The number of hydrogen-bond acceptors (Lipinski definition) is 4. The van der Waals surface area contributed by atoms with E-state index in [9.17, 15) is 9.59 Å². The quantitative estimate of drug-likeness (QED) is 0.227. The number of carbonyl (C=O) groups excluding carboxylic acids is 2. The van der Waals surface area contributed by atoms with Crippen LogP contribution in [0.15, 0.2) is 11.6 Å². The Hall–Kier alpha value is -1.16. The van der Waals surface area contributed by atoms with Crippen LogP contribution in [0.2, 0.25) is 0 Å². The van der Waals surface area contributed by atoms with Gasteiger partial charge in [-0.2, -0.15) is 0 Å². The van der Waals surface area contributed by atoms with Crippen molar-refractivity contribution in [2.45, 2.75) is 131 Å². The van der Waals surface area contributed by atoms with Crippen molar-refractivity contribution in [3.8, 4) is 0 Å². The van der Waals surface area contributed by atoms with E-state index in [-0.39, 0.29) is 45.4 Å². The third-order valence-corrected chi connectivity index (χ3v) is 12.6. The van der Waals surface area contributed by atoms with Gasteiger partial charge in [-0.3, -0.25) is 9.59 Å². The van der Waals surface area contributed by atoms with Gasteiger partial charge in [0.1, 0.15) is 18.0 Å². The Morgan fingerprint density at radius 1 is 1.08 bits per heavy atom. The fourth-order valence-electron chi connectivity index (χ4n) is 10.3. The second-order valence-electron chi connectivity index (χ2n) is 15.1. The fourth-order valence-corrected chi connectivity index (χ4v) is 10.3. The Bertz CT molecular complexity index is 977. The van der Waals surface area contributed by atoms with Gasteiger partial charge in [0.2, 0.25) is 0 Å². The van der Waals surface area contributed by atoms with Gasteiger partial charge in [0.15, 0.2) is 0 Å². The zero-order chi connectivity index (χ0) is 26.5. The van der Waals surface area contributed by atoms with Crippen LogP contribution in [0.1, 0.15) is 114 Å². The second kappa shape index (κ2) is 8.17. The first kappa shape index (κ1) is 26.4. The van der Waals surface area contributed by atoms with E-state index in [4.69, 9.17) is 9.47 Å². The number of epoxide rings is 1.